The fraction of sp³-hybridized carbons (Fsp3) is 0.444. The molecule has 3 heterocycles. The minimum Gasteiger partial charge on any atom is -0.478 e. The van der Waals surface area contributed by atoms with Crippen molar-refractivity contribution >= 4 is 32.9 Å². The summed E-state index contributed by atoms with van der Waals surface area (Å²) in [5, 5.41) is 8.80. The van der Waals surface area contributed by atoms with Crippen LogP contribution in [-0.4, -0.2) is 49.4 Å². The number of nitrogens with two attached hydrogens (primary N) is 1. The third kappa shape index (κ3) is 4.87. The number of nitrogen functional groups attached to an aromatic ring is 1. The van der Waals surface area contributed by atoms with Crippen LogP contribution in [0.5, 0.6) is 11.9 Å². The number of ether oxygens (including phenoxy) is 2. The first-order chi connectivity index (χ1) is 13.6. The second kappa shape index (κ2) is 9.65. The van der Waals surface area contributed by atoms with Gasteiger partial charge in [0, 0.05) is 25.3 Å². The first kappa shape index (κ1) is 20.3. The number of hydrogen-bond donors (Lipinski definition) is 2. The third-order valence-electron chi connectivity index (χ3n) is 3.97. The number of anilines is 1. The van der Waals surface area contributed by atoms with Crippen LogP contribution in [0.25, 0.3) is 11.2 Å². The molecule has 0 aromatic carbocycles. The van der Waals surface area contributed by atoms with E-state index in [1.807, 2.05) is 10.6 Å². The molecule has 0 radical (unpaired) electrons. The zero-order chi connectivity index (χ0) is 19.9. The molecule has 0 bridgehead atoms. The van der Waals surface area contributed by atoms with E-state index in [0.717, 1.165) is 18.4 Å². The lowest BCUT2D eigenvalue weighted by Gasteiger charge is -2.09. The number of unbranched alkanes of at least 4 members (excludes halogenated alkanes) is 1. The van der Waals surface area contributed by atoms with E-state index < -0.39 is 0 Å². The zero-order valence-electron chi connectivity index (χ0n) is 15.6. The van der Waals surface area contributed by atoms with Crippen molar-refractivity contribution in [2.45, 2.75) is 32.7 Å². The quantitative estimate of drug-likeness (QED) is 0.356. The first-order valence-corrected chi connectivity index (χ1v) is 9.92. The summed E-state index contributed by atoms with van der Waals surface area (Å²) in [6.45, 7) is 3.64. The smallest absolute Gasteiger partial charge is 0.320 e. The Hall–Kier alpha value is -2.46. The van der Waals surface area contributed by atoms with Gasteiger partial charge in [0.2, 0.25) is 5.88 Å². The molecule has 3 rings (SSSR count). The SMILES string of the molecule is CCCCOc1nc(N)c2nc(Br)n(Cc3ccc(OCCCO)nc3)c2n1. The van der Waals surface area contributed by atoms with Crippen molar-refractivity contribution in [2.75, 3.05) is 25.6 Å². The molecule has 9 nitrogen and oxygen atoms in total. The fourth-order valence-corrected chi connectivity index (χ4v) is 2.97. The number of hydrogen-bond acceptors (Lipinski definition) is 8. The molecule has 150 valence electrons. The Morgan fingerprint density at radius 2 is 1.96 bits per heavy atom. The molecular formula is C18H23BrN6O3. The standard InChI is InChI=1S/C18H23BrN6O3/c1-2-3-8-28-18-23-15(20)14-16(24-18)25(17(19)22-14)11-12-5-6-13(21-10-12)27-9-4-7-26/h5-6,10,26H,2-4,7-9,11H2,1H3,(H2,20,23,24). The molecule has 3 aromatic heterocycles. The predicted molar refractivity (Wildman–Crippen MR) is 108 cm³/mol. The lowest BCUT2D eigenvalue weighted by atomic mass is 10.3. The fourth-order valence-electron chi connectivity index (χ4n) is 2.50. The van der Waals surface area contributed by atoms with Gasteiger partial charge in [0.15, 0.2) is 21.7 Å². The molecule has 0 atom stereocenters. The molecule has 0 aliphatic rings. The van der Waals surface area contributed by atoms with Crippen molar-refractivity contribution in [1.82, 2.24) is 24.5 Å². The number of halogens is 1. The second-order valence-electron chi connectivity index (χ2n) is 6.16. The van der Waals surface area contributed by atoms with Gasteiger partial charge in [-0.1, -0.05) is 19.4 Å². The van der Waals surface area contributed by atoms with Crippen molar-refractivity contribution in [3.05, 3.63) is 28.6 Å². The number of rotatable bonds is 10. The van der Waals surface area contributed by atoms with Crippen LogP contribution in [-0.2, 0) is 6.54 Å². The number of nitrogens with zero attached hydrogens (tertiary/aromatic N) is 5. The van der Waals surface area contributed by atoms with Gasteiger partial charge in [0.05, 0.1) is 19.8 Å². The normalized spacial score (nSPS) is 11.1. The summed E-state index contributed by atoms with van der Waals surface area (Å²) in [4.78, 5) is 17.4. The summed E-state index contributed by atoms with van der Waals surface area (Å²) in [6, 6.07) is 3.96. The van der Waals surface area contributed by atoms with E-state index >= 15 is 0 Å². The van der Waals surface area contributed by atoms with Gasteiger partial charge in [0.1, 0.15) is 0 Å². The molecular weight excluding hydrogens is 428 g/mol. The molecule has 28 heavy (non-hydrogen) atoms. The van der Waals surface area contributed by atoms with E-state index in [1.165, 1.54) is 0 Å². The molecule has 0 spiro atoms. The highest BCUT2D eigenvalue weighted by Gasteiger charge is 2.16. The monoisotopic (exact) mass is 450 g/mol. The van der Waals surface area contributed by atoms with E-state index in [1.54, 1.807) is 12.3 Å². The largest absolute Gasteiger partial charge is 0.478 e. The average Bonchev–Trinajstić information content (AvgIpc) is 3.00. The Balaban J connectivity index is 1.80. The minimum absolute atomic E-state index is 0.0922. The van der Waals surface area contributed by atoms with Crippen LogP contribution in [0.1, 0.15) is 31.7 Å². The lowest BCUT2D eigenvalue weighted by molar-refractivity contribution is 0.229. The Labute approximate surface area is 171 Å². The number of fused-ring (bicyclic) bond motifs is 1. The van der Waals surface area contributed by atoms with Crippen LogP contribution in [0, 0.1) is 0 Å². The number of aromatic nitrogens is 5. The van der Waals surface area contributed by atoms with Crippen LogP contribution >= 0.6 is 15.9 Å². The van der Waals surface area contributed by atoms with Crippen molar-refractivity contribution in [3.8, 4) is 11.9 Å². The maximum absolute atomic E-state index is 8.80. The average molecular weight is 451 g/mol. The first-order valence-electron chi connectivity index (χ1n) is 9.13. The summed E-state index contributed by atoms with van der Waals surface area (Å²) in [7, 11) is 0. The summed E-state index contributed by atoms with van der Waals surface area (Å²) in [5.41, 5.74) is 8.10. The molecule has 0 saturated carbocycles. The molecule has 10 heteroatoms. The van der Waals surface area contributed by atoms with Crippen LogP contribution in [0.2, 0.25) is 0 Å². The highest BCUT2D eigenvalue weighted by molar-refractivity contribution is 9.10. The Morgan fingerprint density at radius 1 is 1.14 bits per heavy atom. The maximum atomic E-state index is 8.80. The minimum atomic E-state index is 0.0922. The molecule has 3 aromatic rings. The molecule has 3 N–H and O–H groups in total. The predicted octanol–water partition coefficient (Wildman–Crippen LogP) is 2.55. The maximum Gasteiger partial charge on any atom is 0.320 e. The zero-order valence-corrected chi connectivity index (χ0v) is 17.2. The van der Waals surface area contributed by atoms with E-state index in [-0.39, 0.29) is 18.4 Å². The summed E-state index contributed by atoms with van der Waals surface area (Å²) < 4.78 is 13.5. The summed E-state index contributed by atoms with van der Waals surface area (Å²) >= 11 is 3.47. The van der Waals surface area contributed by atoms with Crippen LogP contribution in [0.15, 0.2) is 23.1 Å². The van der Waals surface area contributed by atoms with E-state index in [2.05, 4.69) is 42.8 Å². The molecule has 0 unspecified atom stereocenters. The Bertz CT molecular complexity index is 916. The highest BCUT2D eigenvalue weighted by Crippen LogP contribution is 2.25. The van der Waals surface area contributed by atoms with Crippen molar-refractivity contribution in [3.63, 3.8) is 0 Å². The van der Waals surface area contributed by atoms with Gasteiger partial charge in [-0.15, -0.1) is 0 Å². The Morgan fingerprint density at radius 3 is 2.68 bits per heavy atom. The summed E-state index contributed by atoms with van der Waals surface area (Å²) in [6.07, 6.45) is 4.24. The van der Waals surface area contributed by atoms with Gasteiger partial charge in [-0.25, -0.2) is 9.97 Å². The van der Waals surface area contributed by atoms with E-state index in [9.17, 15) is 0 Å². The van der Waals surface area contributed by atoms with Gasteiger partial charge in [-0.2, -0.15) is 9.97 Å². The van der Waals surface area contributed by atoms with Crippen molar-refractivity contribution < 1.29 is 14.6 Å². The van der Waals surface area contributed by atoms with Crippen LogP contribution in [0.3, 0.4) is 0 Å². The number of pyridine rings is 1. The Kier molecular flexibility index (Phi) is 6.99. The van der Waals surface area contributed by atoms with E-state index in [0.29, 0.717) is 48.0 Å². The second-order valence-corrected chi connectivity index (χ2v) is 6.87. The summed E-state index contributed by atoms with van der Waals surface area (Å²) in [5.74, 6) is 0.798. The molecule has 0 fully saturated rings. The topological polar surface area (TPSA) is 121 Å². The number of aliphatic hydroxyl groups is 1. The number of aliphatic hydroxyl groups excluding tert-OH is 1. The molecule has 0 aliphatic carbocycles. The molecule has 0 amide bonds. The van der Waals surface area contributed by atoms with Gasteiger partial charge in [-0.3, -0.25) is 4.57 Å². The molecule has 0 saturated heterocycles. The van der Waals surface area contributed by atoms with Crippen molar-refractivity contribution in [1.29, 1.82) is 0 Å². The highest BCUT2D eigenvalue weighted by atomic mass is 79.9. The van der Waals surface area contributed by atoms with Gasteiger partial charge in [0.25, 0.3) is 0 Å². The van der Waals surface area contributed by atoms with E-state index in [4.69, 9.17) is 20.3 Å². The van der Waals surface area contributed by atoms with Gasteiger partial charge < -0.3 is 20.3 Å². The van der Waals surface area contributed by atoms with Crippen LogP contribution < -0.4 is 15.2 Å². The van der Waals surface area contributed by atoms with Crippen molar-refractivity contribution in [2.24, 2.45) is 0 Å². The number of imidazole rings is 1. The third-order valence-corrected chi connectivity index (χ3v) is 4.58. The lowest BCUT2D eigenvalue weighted by Crippen LogP contribution is -2.06. The molecule has 0 aliphatic heterocycles. The van der Waals surface area contributed by atoms with Gasteiger partial charge in [-0.05, 0) is 27.9 Å². The van der Waals surface area contributed by atoms with Gasteiger partial charge >= 0.3 is 6.01 Å². The van der Waals surface area contributed by atoms with Crippen LogP contribution in [0.4, 0.5) is 5.82 Å².